The van der Waals surface area contributed by atoms with Gasteiger partial charge in [-0.3, -0.25) is 9.52 Å². The smallest absolute Gasteiger partial charge is 0.261 e. The minimum absolute atomic E-state index is 0.0625. The molecule has 4 rings (SSSR count). The van der Waals surface area contributed by atoms with Gasteiger partial charge in [-0.25, -0.2) is 8.42 Å². The zero-order chi connectivity index (χ0) is 25.5. The molecule has 0 heterocycles. The molecule has 0 radical (unpaired) electrons. The number of rotatable bonds is 8. The summed E-state index contributed by atoms with van der Waals surface area (Å²) in [7, 11) is -2.21. The van der Waals surface area contributed by atoms with Crippen molar-refractivity contribution in [3.8, 4) is 5.75 Å². The van der Waals surface area contributed by atoms with Crippen LogP contribution in [0.15, 0.2) is 108 Å². The first kappa shape index (κ1) is 25.0. The second-order valence-electron chi connectivity index (χ2n) is 7.79. The predicted octanol–water partition coefficient (Wildman–Crippen LogP) is 6.33. The van der Waals surface area contributed by atoms with Crippen molar-refractivity contribution >= 4 is 50.6 Å². The Balaban J connectivity index is 1.54. The van der Waals surface area contributed by atoms with Crippen LogP contribution < -0.4 is 14.8 Å². The summed E-state index contributed by atoms with van der Waals surface area (Å²) in [5.74, 6) is 0.394. The Kier molecular flexibility index (Phi) is 7.73. The zero-order valence-electron chi connectivity index (χ0n) is 19.3. The van der Waals surface area contributed by atoms with Crippen LogP contribution in [0.5, 0.6) is 5.75 Å². The molecule has 4 aromatic carbocycles. The highest BCUT2D eigenvalue weighted by Gasteiger charge is 2.16. The van der Waals surface area contributed by atoms with E-state index < -0.39 is 10.0 Å². The number of benzene rings is 4. The highest BCUT2D eigenvalue weighted by molar-refractivity contribution is 7.92. The van der Waals surface area contributed by atoms with Gasteiger partial charge in [0.1, 0.15) is 5.75 Å². The number of sulfonamides is 1. The van der Waals surface area contributed by atoms with Gasteiger partial charge >= 0.3 is 0 Å². The summed E-state index contributed by atoms with van der Waals surface area (Å²) in [6, 6.07) is 29.0. The third kappa shape index (κ3) is 6.33. The maximum atomic E-state index is 13.2. The van der Waals surface area contributed by atoms with Gasteiger partial charge in [0, 0.05) is 22.0 Å². The van der Waals surface area contributed by atoms with E-state index in [1.807, 2.05) is 54.6 Å². The number of carbonyl (C=O) groups excluding carboxylic acids is 1. The molecule has 2 N–H and O–H groups in total. The highest BCUT2D eigenvalue weighted by Crippen LogP contribution is 2.24. The van der Waals surface area contributed by atoms with Gasteiger partial charge in [-0.2, -0.15) is 0 Å². The van der Waals surface area contributed by atoms with Crippen LogP contribution in [0, 0.1) is 0 Å². The molecular formula is C28H23ClN2O4S. The summed E-state index contributed by atoms with van der Waals surface area (Å²) < 4.78 is 33.1. The van der Waals surface area contributed by atoms with Crippen molar-refractivity contribution in [3.63, 3.8) is 0 Å². The molecule has 4 aromatic rings. The lowest BCUT2D eigenvalue weighted by Gasteiger charge is -2.12. The molecule has 0 unspecified atom stereocenters. The standard InChI is InChI=1S/C28H23ClN2O4S/c1-35-25-15-7-20(8-16-25)19-27(21-5-3-2-4-6-21)28(32)30-23-13-17-26(18-14-23)36(33,34)31-24-11-9-22(29)10-12-24/h2-19,31H,1H3,(H,30,32)/b27-19+. The predicted molar refractivity (Wildman–Crippen MR) is 145 cm³/mol. The van der Waals surface area contributed by atoms with Crippen molar-refractivity contribution < 1.29 is 17.9 Å². The van der Waals surface area contributed by atoms with E-state index in [-0.39, 0.29) is 10.8 Å². The second kappa shape index (κ2) is 11.1. The number of anilines is 2. The normalized spacial score (nSPS) is 11.6. The van der Waals surface area contributed by atoms with Crippen LogP contribution in [0.4, 0.5) is 11.4 Å². The van der Waals surface area contributed by atoms with Gasteiger partial charge in [-0.05, 0) is 77.9 Å². The number of ether oxygens (including phenoxy) is 1. The molecule has 0 aliphatic carbocycles. The molecule has 0 spiro atoms. The summed E-state index contributed by atoms with van der Waals surface area (Å²) >= 11 is 5.86. The molecule has 6 nitrogen and oxygen atoms in total. The minimum atomic E-state index is -3.80. The third-order valence-electron chi connectivity index (χ3n) is 5.28. The average Bonchev–Trinajstić information content (AvgIpc) is 2.89. The van der Waals surface area contributed by atoms with Crippen LogP contribution in [0.2, 0.25) is 5.02 Å². The van der Waals surface area contributed by atoms with Gasteiger partial charge < -0.3 is 10.1 Å². The van der Waals surface area contributed by atoms with E-state index in [2.05, 4.69) is 10.0 Å². The van der Waals surface area contributed by atoms with Crippen molar-refractivity contribution in [2.45, 2.75) is 4.90 Å². The second-order valence-corrected chi connectivity index (χ2v) is 9.91. The quantitative estimate of drug-likeness (QED) is 0.211. The third-order valence-corrected chi connectivity index (χ3v) is 6.92. The summed E-state index contributed by atoms with van der Waals surface area (Å²) in [6.07, 6.45) is 1.79. The Morgan fingerprint density at radius 2 is 1.42 bits per heavy atom. The van der Waals surface area contributed by atoms with Crippen molar-refractivity contribution in [1.29, 1.82) is 0 Å². The number of halogens is 1. The van der Waals surface area contributed by atoms with Crippen LogP contribution in [-0.4, -0.2) is 21.4 Å². The van der Waals surface area contributed by atoms with Crippen molar-refractivity contribution in [3.05, 3.63) is 119 Å². The monoisotopic (exact) mass is 518 g/mol. The lowest BCUT2D eigenvalue weighted by molar-refractivity contribution is -0.111. The van der Waals surface area contributed by atoms with E-state index in [9.17, 15) is 13.2 Å². The van der Waals surface area contributed by atoms with Gasteiger partial charge in [-0.15, -0.1) is 0 Å². The maximum absolute atomic E-state index is 13.2. The Morgan fingerprint density at radius 3 is 2.03 bits per heavy atom. The molecule has 0 aliphatic rings. The lowest BCUT2D eigenvalue weighted by atomic mass is 10.0. The van der Waals surface area contributed by atoms with E-state index in [0.29, 0.717) is 22.0 Å². The fourth-order valence-corrected chi connectivity index (χ4v) is 4.60. The average molecular weight is 519 g/mol. The Morgan fingerprint density at radius 1 is 0.806 bits per heavy atom. The van der Waals surface area contributed by atoms with Gasteiger partial charge in [0.15, 0.2) is 0 Å². The molecule has 8 heteroatoms. The van der Waals surface area contributed by atoms with Crippen molar-refractivity contribution in [2.24, 2.45) is 0 Å². The fraction of sp³-hybridized carbons (Fsp3) is 0.0357. The Hall–Kier alpha value is -4.07. The first-order valence-electron chi connectivity index (χ1n) is 10.9. The van der Waals surface area contributed by atoms with Crippen LogP contribution >= 0.6 is 11.6 Å². The number of hydrogen-bond acceptors (Lipinski definition) is 4. The van der Waals surface area contributed by atoms with E-state index >= 15 is 0 Å². The Bertz CT molecular complexity index is 1470. The molecule has 0 saturated heterocycles. The number of amides is 1. The van der Waals surface area contributed by atoms with Crippen LogP contribution in [-0.2, 0) is 14.8 Å². The lowest BCUT2D eigenvalue weighted by Crippen LogP contribution is -2.15. The highest BCUT2D eigenvalue weighted by atomic mass is 35.5. The molecule has 1 amide bonds. The number of carbonyl (C=O) groups is 1. The molecule has 0 saturated carbocycles. The molecule has 0 bridgehead atoms. The molecular weight excluding hydrogens is 496 g/mol. The SMILES string of the molecule is COc1ccc(/C=C(/C(=O)Nc2ccc(S(=O)(=O)Nc3ccc(Cl)cc3)cc2)c2ccccc2)cc1. The first-order valence-corrected chi connectivity index (χ1v) is 12.8. The van der Waals surface area contributed by atoms with Crippen LogP contribution in [0.1, 0.15) is 11.1 Å². The van der Waals surface area contributed by atoms with Crippen LogP contribution in [0.3, 0.4) is 0 Å². The molecule has 0 fully saturated rings. The van der Waals surface area contributed by atoms with E-state index in [0.717, 1.165) is 16.9 Å². The van der Waals surface area contributed by atoms with Crippen LogP contribution in [0.25, 0.3) is 11.6 Å². The molecule has 0 atom stereocenters. The van der Waals surface area contributed by atoms with Gasteiger partial charge in [0.25, 0.3) is 15.9 Å². The Labute approximate surface area is 215 Å². The molecule has 0 aliphatic heterocycles. The zero-order valence-corrected chi connectivity index (χ0v) is 20.9. The largest absolute Gasteiger partial charge is 0.497 e. The number of hydrogen-bond donors (Lipinski definition) is 2. The minimum Gasteiger partial charge on any atom is -0.497 e. The van der Waals surface area contributed by atoms with E-state index in [1.54, 1.807) is 49.6 Å². The summed E-state index contributed by atoms with van der Waals surface area (Å²) in [6.45, 7) is 0. The van der Waals surface area contributed by atoms with Gasteiger partial charge in [0.05, 0.1) is 12.0 Å². The topological polar surface area (TPSA) is 84.5 Å². The molecule has 36 heavy (non-hydrogen) atoms. The number of methoxy groups -OCH3 is 1. The maximum Gasteiger partial charge on any atom is 0.261 e. The summed E-state index contributed by atoms with van der Waals surface area (Å²) in [5, 5.41) is 3.36. The molecule has 182 valence electrons. The van der Waals surface area contributed by atoms with Gasteiger partial charge in [0.2, 0.25) is 0 Å². The van der Waals surface area contributed by atoms with E-state index in [1.165, 1.54) is 12.1 Å². The van der Waals surface area contributed by atoms with E-state index in [4.69, 9.17) is 16.3 Å². The van der Waals surface area contributed by atoms with Crippen molar-refractivity contribution in [1.82, 2.24) is 0 Å². The summed E-state index contributed by atoms with van der Waals surface area (Å²) in [5.41, 5.74) is 2.90. The summed E-state index contributed by atoms with van der Waals surface area (Å²) in [4.78, 5) is 13.3. The van der Waals surface area contributed by atoms with Gasteiger partial charge in [-0.1, -0.05) is 54.1 Å². The van der Waals surface area contributed by atoms with Crippen molar-refractivity contribution in [2.75, 3.05) is 17.1 Å². The molecule has 0 aromatic heterocycles. The number of nitrogens with one attached hydrogen (secondary N) is 2. The fourth-order valence-electron chi connectivity index (χ4n) is 3.41. The first-order chi connectivity index (χ1) is 17.3.